The molecular weight excluding hydrogens is 362 g/mol. The van der Waals surface area contributed by atoms with Gasteiger partial charge in [0.2, 0.25) is 0 Å². The molecule has 2 saturated carbocycles. The van der Waals surface area contributed by atoms with Gasteiger partial charge < -0.3 is 4.74 Å². The predicted octanol–water partition coefficient (Wildman–Crippen LogP) is 5.32. The number of carbonyl (C=O) groups is 1. The van der Waals surface area contributed by atoms with Gasteiger partial charge in [-0.15, -0.1) is 0 Å². The van der Waals surface area contributed by atoms with Gasteiger partial charge in [-0.1, -0.05) is 36.2 Å². The predicted molar refractivity (Wildman–Crippen MR) is 94.7 cm³/mol. The van der Waals surface area contributed by atoms with E-state index < -0.39 is 29.4 Å². The maximum absolute atomic E-state index is 13.6. The number of carbonyl (C=O) groups excluding carboxylic acids is 1. The molecule has 0 heterocycles. The zero-order chi connectivity index (χ0) is 18.7. The number of esters is 1. The standard InChI is InChI=1S/C19H24F2O4S/c1-12-8-10-13(11-9-12)14-4-2-6-16-15(14)5-3-7-17(16)24-18(22)19(20,21)26-25-23/h8-11,14-17,23H,2-7H2,1H3. The number of halogens is 2. The first-order valence-corrected chi connectivity index (χ1v) is 9.81. The average molecular weight is 386 g/mol. The number of rotatable bonds is 5. The quantitative estimate of drug-likeness (QED) is 0.321. The van der Waals surface area contributed by atoms with Gasteiger partial charge in [-0.25, -0.2) is 10.1 Å². The Hall–Kier alpha value is -1.18. The third kappa shape index (κ3) is 4.21. The molecule has 0 amide bonds. The van der Waals surface area contributed by atoms with Crippen LogP contribution in [0.25, 0.3) is 0 Å². The highest BCUT2D eigenvalue weighted by Crippen LogP contribution is 2.49. The summed E-state index contributed by atoms with van der Waals surface area (Å²) in [5.74, 6) is -0.817. The first-order valence-electron chi connectivity index (χ1n) is 9.07. The van der Waals surface area contributed by atoms with Crippen LogP contribution in [0.3, 0.4) is 0 Å². The van der Waals surface area contributed by atoms with Gasteiger partial charge >= 0.3 is 11.2 Å². The summed E-state index contributed by atoms with van der Waals surface area (Å²) in [6.07, 6.45) is 4.96. The third-order valence-electron chi connectivity index (χ3n) is 5.77. The van der Waals surface area contributed by atoms with Crippen molar-refractivity contribution >= 4 is 18.0 Å². The number of aryl methyl sites for hydroxylation is 1. The number of ether oxygens (including phenoxy) is 1. The maximum atomic E-state index is 13.6. The second-order valence-electron chi connectivity index (χ2n) is 7.33. The normalized spacial score (nSPS) is 29.1. The summed E-state index contributed by atoms with van der Waals surface area (Å²) in [6.45, 7) is 2.05. The van der Waals surface area contributed by atoms with Crippen LogP contribution in [-0.4, -0.2) is 22.6 Å². The number of fused-ring (bicyclic) bond motifs is 1. The van der Waals surface area contributed by atoms with Crippen molar-refractivity contribution in [3.63, 3.8) is 0 Å². The van der Waals surface area contributed by atoms with Gasteiger partial charge in [0.05, 0.1) is 0 Å². The molecule has 7 heteroatoms. The van der Waals surface area contributed by atoms with E-state index in [4.69, 9.17) is 9.99 Å². The van der Waals surface area contributed by atoms with Gasteiger partial charge in [-0.3, -0.25) is 0 Å². The van der Waals surface area contributed by atoms with Crippen LogP contribution in [0.4, 0.5) is 8.78 Å². The molecule has 0 saturated heterocycles. The average Bonchev–Trinajstić information content (AvgIpc) is 2.62. The minimum atomic E-state index is -3.91. The lowest BCUT2D eigenvalue weighted by Gasteiger charge is -2.45. The van der Waals surface area contributed by atoms with E-state index in [0.717, 1.165) is 32.1 Å². The van der Waals surface area contributed by atoms with Crippen LogP contribution in [0.2, 0.25) is 0 Å². The van der Waals surface area contributed by atoms with Crippen LogP contribution < -0.4 is 0 Å². The minimum Gasteiger partial charge on any atom is -0.457 e. The fourth-order valence-electron chi connectivity index (χ4n) is 4.61. The molecule has 4 atom stereocenters. The van der Waals surface area contributed by atoms with Crippen LogP contribution in [0.5, 0.6) is 0 Å². The lowest BCUT2D eigenvalue weighted by Crippen LogP contribution is -2.43. The minimum absolute atomic E-state index is 0.101. The molecule has 0 aliphatic heterocycles. The first kappa shape index (κ1) is 19.6. The van der Waals surface area contributed by atoms with Gasteiger partial charge in [-0.2, -0.15) is 13.1 Å². The molecule has 2 fully saturated rings. The Balaban J connectivity index is 1.73. The molecule has 0 spiro atoms. The first-order chi connectivity index (χ1) is 12.4. The Labute approximate surface area is 156 Å². The molecule has 26 heavy (non-hydrogen) atoms. The van der Waals surface area contributed by atoms with Crippen molar-refractivity contribution in [1.29, 1.82) is 0 Å². The van der Waals surface area contributed by atoms with Crippen molar-refractivity contribution in [3.05, 3.63) is 35.4 Å². The molecule has 1 aromatic carbocycles. The molecule has 1 N–H and O–H groups in total. The third-order valence-corrected chi connectivity index (χ3v) is 6.22. The Morgan fingerprint density at radius 2 is 1.77 bits per heavy atom. The van der Waals surface area contributed by atoms with Gasteiger partial charge in [-0.05, 0) is 62.3 Å². The van der Waals surface area contributed by atoms with Gasteiger partial charge in [0.25, 0.3) is 0 Å². The molecule has 2 aliphatic carbocycles. The molecule has 0 aromatic heterocycles. The highest BCUT2D eigenvalue weighted by molar-refractivity contribution is 7.96. The van der Waals surface area contributed by atoms with Crippen LogP contribution in [0.15, 0.2) is 24.3 Å². The van der Waals surface area contributed by atoms with Crippen LogP contribution >= 0.6 is 12.0 Å². The number of alkyl halides is 2. The largest absolute Gasteiger partial charge is 0.457 e. The molecule has 1 aromatic rings. The van der Waals surface area contributed by atoms with E-state index >= 15 is 0 Å². The van der Waals surface area contributed by atoms with E-state index in [2.05, 4.69) is 35.5 Å². The Bertz CT molecular complexity index is 622. The SMILES string of the molecule is Cc1ccc(C2CCCC3C(OC(=O)C(F)(F)SOO)CCCC23)cc1. The molecule has 4 nitrogen and oxygen atoms in total. The lowest BCUT2D eigenvalue weighted by atomic mass is 9.62. The molecular formula is C19H24F2O4S. The summed E-state index contributed by atoms with van der Waals surface area (Å²) in [4.78, 5) is 11.8. The summed E-state index contributed by atoms with van der Waals surface area (Å²) < 4.78 is 35.7. The zero-order valence-corrected chi connectivity index (χ0v) is 15.5. The van der Waals surface area contributed by atoms with E-state index in [1.54, 1.807) is 0 Å². The highest BCUT2D eigenvalue weighted by atomic mass is 32.2. The molecule has 4 unspecified atom stereocenters. The number of hydrogen-bond acceptors (Lipinski definition) is 5. The van der Waals surface area contributed by atoms with Crippen molar-refractivity contribution in [2.75, 3.05) is 0 Å². The fraction of sp³-hybridized carbons (Fsp3) is 0.632. The molecule has 144 valence electrons. The summed E-state index contributed by atoms with van der Waals surface area (Å²) in [5.41, 5.74) is 2.49. The smallest absolute Gasteiger partial charge is 0.415 e. The second kappa shape index (κ2) is 8.23. The zero-order valence-electron chi connectivity index (χ0n) is 14.7. The van der Waals surface area contributed by atoms with E-state index in [9.17, 15) is 13.6 Å². The number of hydrogen-bond donors (Lipinski definition) is 1. The van der Waals surface area contributed by atoms with Crippen LogP contribution in [0.1, 0.15) is 55.6 Å². The Morgan fingerprint density at radius 3 is 2.46 bits per heavy atom. The van der Waals surface area contributed by atoms with Gasteiger partial charge in [0, 0.05) is 0 Å². The topological polar surface area (TPSA) is 55.8 Å². The molecule has 3 rings (SSSR count). The Morgan fingerprint density at radius 1 is 1.12 bits per heavy atom. The lowest BCUT2D eigenvalue weighted by molar-refractivity contribution is -0.177. The van der Waals surface area contributed by atoms with Crippen LogP contribution in [-0.2, 0) is 13.9 Å². The summed E-state index contributed by atoms with van der Waals surface area (Å²) >= 11 is -0.594. The van der Waals surface area contributed by atoms with E-state index in [1.165, 1.54) is 11.1 Å². The second-order valence-corrected chi connectivity index (χ2v) is 8.15. The van der Waals surface area contributed by atoms with E-state index in [1.807, 2.05) is 0 Å². The monoisotopic (exact) mass is 386 g/mol. The van der Waals surface area contributed by atoms with Crippen molar-refractivity contribution in [1.82, 2.24) is 0 Å². The fourth-order valence-corrected chi connectivity index (χ4v) is 4.82. The van der Waals surface area contributed by atoms with Crippen LogP contribution in [0, 0.1) is 18.8 Å². The van der Waals surface area contributed by atoms with Crippen molar-refractivity contribution in [3.8, 4) is 0 Å². The summed E-state index contributed by atoms with van der Waals surface area (Å²) in [7, 11) is 0. The maximum Gasteiger partial charge on any atom is 0.415 e. The summed E-state index contributed by atoms with van der Waals surface area (Å²) in [5, 5.41) is 4.29. The molecule has 2 aliphatic rings. The molecule has 0 radical (unpaired) electrons. The summed E-state index contributed by atoms with van der Waals surface area (Å²) in [6, 6.07) is 8.51. The van der Waals surface area contributed by atoms with Crippen molar-refractivity contribution < 1.29 is 27.9 Å². The van der Waals surface area contributed by atoms with Gasteiger partial charge in [0.1, 0.15) is 18.1 Å². The number of benzene rings is 1. The molecule has 0 bridgehead atoms. The van der Waals surface area contributed by atoms with E-state index in [-0.39, 0.29) is 5.92 Å². The van der Waals surface area contributed by atoms with Gasteiger partial charge in [0.15, 0.2) is 0 Å². The van der Waals surface area contributed by atoms with E-state index in [0.29, 0.717) is 18.3 Å². The van der Waals surface area contributed by atoms with Crippen molar-refractivity contribution in [2.45, 2.75) is 62.7 Å². The Kier molecular flexibility index (Phi) is 6.20. The highest BCUT2D eigenvalue weighted by Gasteiger charge is 2.48. The van der Waals surface area contributed by atoms with Crippen molar-refractivity contribution in [2.24, 2.45) is 11.8 Å².